The number of carbonyl (C=O) groups is 1. The van der Waals surface area contributed by atoms with Crippen molar-refractivity contribution < 1.29 is 4.79 Å². The number of carbonyl (C=O) groups excluding carboxylic acids is 1. The van der Waals surface area contributed by atoms with Gasteiger partial charge in [-0.3, -0.25) is 14.2 Å². The van der Waals surface area contributed by atoms with E-state index in [2.05, 4.69) is 9.97 Å². The number of rotatable bonds is 2. The molecule has 0 saturated carbocycles. The van der Waals surface area contributed by atoms with Crippen LogP contribution in [0.2, 0.25) is 0 Å². The molecule has 0 aliphatic carbocycles. The summed E-state index contributed by atoms with van der Waals surface area (Å²) in [6.07, 6.45) is 3.57. The summed E-state index contributed by atoms with van der Waals surface area (Å²) < 4.78 is 1.98. The summed E-state index contributed by atoms with van der Waals surface area (Å²) in [5.74, 6) is -0.0123. The van der Waals surface area contributed by atoms with Crippen LogP contribution >= 0.6 is 11.3 Å². The third-order valence-electron chi connectivity index (χ3n) is 4.65. The zero-order chi connectivity index (χ0) is 16.8. The van der Waals surface area contributed by atoms with Gasteiger partial charge in [0.15, 0.2) is 0 Å². The van der Waals surface area contributed by atoms with E-state index in [4.69, 9.17) is 0 Å². The quantitative estimate of drug-likeness (QED) is 0.716. The van der Waals surface area contributed by atoms with Gasteiger partial charge in [0.1, 0.15) is 16.1 Å². The Kier molecular flexibility index (Phi) is 3.60. The second-order valence-corrected chi connectivity index (χ2v) is 7.29. The maximum absolute atomic E-state index is 12.8. The minimum absolute atomic E-state index is 0.0123. The second-order valence-electron chi connectivity index (χ2n) is 6.29. The number of nitrogens with zero attached hydrogens (tertiary/aromatic N) is 4. The van der Waals surface area contributed by atoms with Crippen LogP contribution in [-0.4, -0.2) is 38.4 Å². The first-order chi connectivity index (χ1) is 11.5. The molecule has 0 aromatic carbocycles. The molecular formula is C17H18N4O2S. The average molecular weight is 342 g/mol. The van der Waals surface area contributed by atoms with E-state index in [1.165, 1.54) is 22.2 Å². The van der Waals surface area contributed by atoms with Crippen molar-refractivity contribution in [3.05, 3.63) is 34.0 Å². The molecule has 0 bridgehead atoms. The van der Waals surface area contributed by atoms with Crippen LogP contribution in [0.1, 0.15) is 24.1 Å². The Bertz CT molecular complexity index is 1010. The standard InChI is InChI=1S/C17H18N4O2S/c1-10-7-12-14-15(24-16(12)19-11(10)2)17(23)21(9-18-14)8-13(22)20-5-3-4-6-20/h7,9H,3-6,8H2,1-2H3. The van der Waals surface area contributed by atoms with Crippen LogP contribution in [-0.2, 0) is 11.3 Å². The van der Waals surface area contributed by atoms with Crippen molar-refractivity contribution in [1.29, 1.82) is 0 Å². The molecule has 4 heterocycles. The summed E-state index contributed by atoms with van der Waals surface area (Å²) in [5, 5.41) is 0.910. The van der Waals surface area contributed by atoms with Crippen molar-refractivity contribution in [3.63, 3.8) is 0 Å². The highest BCUT2D eigenvalue weighted by Gasteiger charge is 2.20. The fourth-order valence-electron chi connectivity index (χ4n) is 3.11. The number of fused-ring (bicyclic) bond motifs is 3. The maximum atomic E-state index is 12.8. The van der Waals surface area contributed by atoms with Gasteiger partial charge in [-0.2, -0.15) is 0 Å². The van der Waals surface area contributed by atoms with Crippen molar-refractivity contribution in [2.45, 2.75) is 33.2 Å². The molecule has 1 amide bonds. The fraction of sp³-hybridized carbons (Fsp3) is 0.412. The van der Waals surface area contributed by atoms with Crippen molar-refractivity contribution in [1.82, 2.24) is 19.4 Å². The van der Waals surface area contributed by atoms with E-state index in [1.807, 2.05) is 24.8 Å². The number of pyridine rings is 1. The predicted octanol–water partition coefficient (Wildman–Crippen LogP) is 2.25. The topological polar surface area (TPSA) is 68.1 Å². The summed E-state index contributed by atoms with van der Waals surface area (Å²) >= 11 is 1.35. The lowest BCUT2D eigenvalue weighted by Gasteiger charge is -2.15. The van der Waals surface area contributed by atoms with Crippen molar-refractivity contribution in [2.75, 3.05) is 13.1 Å². The summed E-state index contributed by atoms with van der Waals surface area (Å²) in [5.41, 5.74) is 2.56. The van der Waals surface area contributed by atoms with E-state index in [9.17, 15) is 9.59 Å². The molecule has 4 rings (SSSR count). The van der Waals surface area contributed by atoms with Crippen molar-refractivity contribution >= 4 is 37.7 Å². The van der Waals surface area contributed by atoms with E-state index >= 15 is 0 Å². The van der Waals surface area contributed by atoms with Crippen molar-refractivity contribution in [3.8, 4) is 0 Å². The molecule has 1 aliphatic heterocycles. The summed E-state index contributed by atoms with van der Waals surface area (Å²) in [6, 6.07) is 2.03. The van der Waals surface area contributed by atoms with Gasteiger partial charge in [0.05, 0.1) is 11.8 Å². The Morgan fingerprint density at radius 1 is 1.29 bits per heavy atom. The minimum atomic E-state index is -0.161. The molecular weight excluding hydrogens is 324 g/mol. The number of thiophene rings is 1. The lowest BCUT2D eigenvalue weighted by atomic mass is 10.2. The normalized spacial score (nSPS) is 14.8. The molecule has 7 heteroatoms. The first-order valence-corrected chi connectivity index (χ1v) is 8.90. The third kappa shape index (κ3) is 2.39. The molecule has 0 spiro atoms. The number of aryl methyl sites for hydroxylation is 2. The number of hydrogen-bond donors (Lipinski definition) is 0. The molecule has 6 nitrogen and oxygen atoms in total. The molecule has 1 saturated heterocycles. The molecule has 3 aromatic heterocycles. The molecule has 0 N–H and O–H groups in total. The van der Waals surface area contributed by atoms with Gasteiger partial charge in [0.2, 0.25) is 5.91 Å². The Hall–Kier alpha value is -2.28. The Labute approximate surface area is 142 Å². The maximum Gasteiger partial charge on any atom is 0.271 e. The molecule has 0 unspecified atom stereocenters. The Balaban J connectivity index is 1.78. The van der Waals surface area contributed by atoms with Gasteiger partial charge >= 0.3 is 0 Å². The highest BCUT2D eigenvalue weighted by molar-refractivity contribution is 7.25. The number of aromatic nitrogens is 3. The molecule has 1 aliphatic rings. The highest BCUT2D eigenvalue weighted by Crippen LogP contribution is 2.30. The van der Waals surface area contributed by atoms with Gasteiger partial charge in [-0.25, -0.2) is 9.97 Å². The number of likely N-dealkylation sites (tertiary alicyclic amines) is 1. The lowest BCUT2D eigenvalue weighted by molar-refractivity contribution is -0.130. The molecule has 1 fully saturated rings. The monoisotopic (exact) mass is 342 g/mol. The summed E-state index contributed by atoms with van der Waals surface area (Å²) in [7, 11) is 0. The van der Waals surface area contributed by atoms with Gasteiger partial charge in [0.25, 0.3) is 5.56 Å². The first-order valence-electron chi connectivity index (χ1n) is 8.08. The van der Waals surface area contributed by atoms with Crippen molar-refractivity contribution in [2.24, 2.45) is 0 Å². The van der Waals surface area contributed by atoms with Gasteiger partial charge in [-0.15, -0.1) is 11.3 Å². The Morgan fingerprint density at radius 2 is 2.04 bits per heavy atom. The summed E-state index contributed by atoms with van der Waals surface area (Å²) in [4.78, 5) is 36.7. The van der Waals surface area contributed by atoms with Crippen LogP contribution in [0.4, 0.5) is 0 Å². The van der Waals surface area contributed by atoms with Gasteiger partial charge in [-0.05, 0) is 38.3 Å². The smallest absolute Gasteiger partial charge is 0.271 e. The average Bonchev–Trinajstić information content (AvgIpc) is 3.19. The highest BCUT2D eigenvalue weighted by atomic mass is 32.1. The molecule has 0 atom stereocenters. The third-order valence-corrected chi connectivity index (χ3v) is 5.72. The van der Waals surface area contributed by atoms with Gasteiger partial charge in [0, 0.05) is 24.2 Å². The molecule has 24 heavy (non-hydrogen) atoms. The zero-order valence-corrected chi connectivity index (χ0v) is 14.5. The largest absolute Gasteiger partial charge is 0.341 e. The zero-order valence-electron chi connectivity index (χ0n) is 13.7. The van der Waals surface area contributed by atoms with E-state index in [0.29, 0.717) is 10.2 Å². The number of amides is 1. The van der Waals surface area contributed by atoms with Crippen LogP contribution in [0, 0.1) is 13.8 Å². The predicted molar refractivity (Wildman–Crippen MR) is 94.5 cm³/mol. The van der Waals surface area contributed by atoms with Gasteiger partial charge < -0.3 is 4.90 Å². The van der Waals surface area contributed by atoms with Crippen LogP contribution < -0.4 is 5.56 Å². The van der Waals surface area contributed by atoms with E-state index in [-0.39, 0.29) is 18.0 Å². The van der Waals surface area contributed by atoms with E-state index in [1.54, 1.807) is 0 Å². The van der Waals surface area contributed by atoms with Gasteiger partial charge in [-0.1, -0.05) is 0 Å². The fourth-order valence-corrected chi connectivity index (χ4v) is 4.21. The van der Waals surface area contributed by atoms with Crippen LogP contribution in [0.25, 0.3) is 20.4 Å². The minimum Gasteiger partial charge on any atom is -0.341 e. The molecule has 3 aromatic rings. The van der Waals surface area contributed by atoms with E-state index in [0.717, 1.165) is 47.4 Å². The lowest BCUT2D eigenvalue weighted by Crippen LogP contribution is -2.34. The Morgan fingerprint density at radius 3 is 2.79 bits per heavy atom. The first kappa shape index (κ1) is 15.3. The number of hydrogen-bond acceptors (Lipinski definition) is 5. The second kappa shape index (κ2) is 5.66. The summed E-state index contributed by atoms with van der Waals surface area (Å²) in [6.45, 7) is 5.59. The van der Waals surface area contributed by atoms with Crippen LogP contribution in [0.15, 0.2) is 17.2 Å². The molecule has 0 radical (unpaired) electrons. The van der Waals surface area contributed by atoms with E-state index < -0.39 is 0 Å². The van der Waals surface area contributed by atoms with Crippen LogP contribution in [0.5, 0.6) is 0 Å². The molecule has 124 valence electrons. The SMILES string of the molecule is Cc1cc2c(nc1C)sc1c(=O)n(CC(=O)N3CCCC3)cnc12. The van der Waals surface area contributed by atoms with Crippen LogP contribution in [0.3, 0.4) is 0 Å².